The highest BCUT2D eigenvalue weighted by Crippen LogP contribution is 2.32. The first-order valence-electron chi connectivity index (χ1n) is 31.6. The Morgan fingerprint density at radius 1 is 0.309 bits per heavy atom. The Morgan fingerprint density at radius 2 is 0.585 bits per heavy atom. The highest BCUT2D eigenvalue weighted by molar-refractivity contribution is 5.84. The summed E-state index contributed by atoms with van der Waals surface area (Å²) >= 11 is 0. The number of para-hydroxylation sites is 10. The third kappa shape index (κ3) is 13.7. The molecule has 3 unspecified atom stereocenters. The van der Waals surface area contributed by atoms with Gasteiger partial charge in [0.15, 0.2) is 0 Å². The number of aromatic nitrogens is 10. The minimum Gasteiger partial charge on any atom is -0.389 e. The molecule has 476 valence electrons. The lowest BCUT2D eigenvalue weighted by Gasteiger charge is -2.17. The standard InChI is InChI=1S/C20H20N2O.C19H16F3N3O.C19H19N3O.C19H18N2O/c1-15-12-17-7-3-5-9-20(17)22(15)14-18(23)13-21-11-10-16-6-2-4-8-19(16)21;20-19(21,22)18-23-15-6-2-4-8-17(15)25(18)12-14(26)11-24-10-9-13-5-1-3-7-16(13)24;1-14-20-17-7-3-5-9-19(17)22(14)13-16(23)12-21-11-10-15-6-2-4-8-18(15)21;22-17(13-20-11-9-15-5-1-3-7-18(15)20)14-21-12-10-16-6-2-4-8-19(16)21/h2-12,18,23H,13-14H2,1H3;1-10,14,26H,11-12H2;2-11,16,23H,12-13H2,1H3;1-12,17,22H,13-14H2. The molecule has 8 heterocycles. The number of benzene rings is 8. The molecule has 0 bridgehead atoms. The van der Waals surface area contributed by atoms with Crippen molar-refractivity contribution in [1.29, 1.82) is 0 Å². The number of nitrogens with zero attached hydrogens (tertiary/aromatic N) is 10. The minimum atomic E-state index is -4.58. The van der Waals surface area contributed by atoms with Crippen LogP contribution in [0.4, 0.5) is 13.2 Å². The summed E-state index contributed by atoms with van der Waals surface area (Å²) in [5, 5.41) is 49.2. The monoisotopic (exact) mass is 1260 g/mol. The molecule has 0 aliphatic rings. The van der Waals surface area contributed by atoms with Crippen LogP contribution in [0, 0.1) is 13.8 Å². The van der Waals surface area contributed by atoms with E-state index in [-0.39, 0.29) is 18.6 Å². The van der Waals surface area contributed by atoms with Crippen LogP contribution in [-0.2, 0) is 58.5 Å². The number of aryl methyl sites for hydroxylation is 2. The predicted molar refractivity (Wildman–Crippen MR) is 370 cm³/mol. The second kappa shape index (κ2) is 27.4. The number of fused-ring (bicyclic) bond motifs is 8. The van der Waals surface area contributed by atoms with Crippen LogP contribution in [0.2, 0.25) is 0 Å². The van der Waals surface area contributed by atoms with Gasteiger partial charge < -0.3 is 57.0 Å². The summed E-state index contributed by atoms with van der Waals surface area (Å²) in [6, 6.07) is 75.9. The van der Waals surface area contributed by atoms with Crippen LogP contribution in [-0.4, -0.2) is 91.3 Å². The zero-order valence-electron chi connectivity index (χ0n) is 52.2. The molecule has 4 N–H and O–H groups in total. The second-order valence-corrected chi connectivity index (χ2v) is 24.0. The molecule has 0 radical (unpaired) electrons. The van der Waals surface area contributed by atoms with Gasteiger partial charge in [0.05, 0.1) is 98.8 Å². The van der Waals surface area contributed by atoms with Gasteiger partial charge in [0.2, 0.25) is 5.82 Å². The van der Waals surface area contributed by atoms with E-state index in [1.165, 1.54) is 60.8 Å². The third-order valence-corrected chi connectivity index (χ3v) is 17.4. The normalized spacial score (nSPS) is 12.8. The first-order valence-corrected chi connectivity index (χ1v) is 31.6. The quantitative estimate of drug-likeness (QED) is 0.0758. The molecule has 0 aliphatic carbocycles. The smallest absolute Gasteiger partial charge is 0.389 e. The van der Waals surface area contributed by atoms with Gasteiger partial charge in [-0.25, -0.2) is 9.97 Å². The van der Waals surface area contributed by atoms with Gasteiger partial charge in [-0.05, 0) is 143 Å². The summed E-state index contributed by atoms with van der Waals surface area (Å²) in [5.74, 6) is -0.0577. The van der Waals surface area contributed by atoms with Crippen molar-refractivity contribution in [3.63, 3.8) is 0 Å². The van der Waals surface area contributed by atoms with Crippen molar-refractivity contribution in [1.82, 2.24) is 46.5 Å². The van der Waals surface area contributed by atoms with Gasteiger partial charge >= 0.3 is 6.18 Å². The molecular formula is C77H73F3N10O4. The number of halogens is 3. The molecule has 17 heteroatoms. The number of aliphatic hydroxyl groups excluding tert-OH is 4. The fraction of sp³-hybridized carbons (Fsp3) is 0.195. The lowest BCUT2D eigenvalue weighted by atomic mass is 10.2. The van der Waals surface area contributed by atoms with Gasteiger partial charge in [-0.3, -0.25) is 0 Å². The van der Waals surface area contributed by atoms with E-state index in [0.717, 1.165) is 37.8 Å². The maximum Gasteiger partial charge on any atom is 0.449 e. The Morgan fingerprint density at radius 3 is 0.957 bits per heavy atom. The average Bonchev–Trinajstić information content (AvgIpc) is 1.66. The summed E-state index contributed by atoms with van der Waals surface area (Å²) in [7, 11) is 0. The number of aliphatic hydroxyl groups is 4. The van der Waals surface area contributed by atoms with E-state index < -0.39 is 36.4 Å². The van der Waals surface area contributed by atoms with Crippen molar-refractivity contribution in [2.75, 3.05) is 0 Å². The van der Waals surface area contributed by atoms with Gasteiger partial charge in [-0.15, -0.1) is 0 Å². The summed E-state index contributed by atoms with van der Waals surface area (Å²) in [6.07, 6.45) is 3.09. The Hall–Kier alpha value is -10.4. The molecule has 0 saturated carbocycles. The van der Waals surface area contributed by atoms with Crippen LogP contribution in [0.3, 0.4) is 0 Å². The molecule has 16 rings (SSSR count). The zero-order chi connectivity index (χ0) is 64.9. The van der Waals surface area contributed by atoms with Crippen molar-refractivity contribution < 1.29 is 33.6 Å². The molecule has 0 saturated heterocycles. The number of imidazole rings is 2. The molecule has 16 aromatic rings. The zero-order valence-corrected chi connectivity index (χ0v) is 52.2. The Bertz CT molecular complexity index is 4980. The molecule has 8 aromatic heterocycles. The van der Waals surface area contributed by atoms with Crippen LogP contribution in [0.15, 0.2) is 262 Å². The largest absolute Gasteiger partial charge is 0.449 e. The second-order valence-electron chi connectivity index (χ2n) is 24.0. The molecule has 0 amide bonds. The predicted octanol–water partition coefficient (Wildman–Crippen LogP) is 15.1. The maximum absolute atomic E-state index is 13.4. The van der Waals surface area contributed by atoms with E-state index in [9.17, 15) is 33.6 Å². The van der Waals surface area contributed by atoms with E-state index in [0.29, 0.717) is 44.8 Å². The summed E-state index contributed by atoms with van der Waals surface area (Å²) in [4.78, 5) is 8.26. The van der Waals surface area contributed by atoms with Gasteiger partial charge in [-0.1, -0.05) is 133 Å². The van der Waals surface area contributed by atoms with Crippen LogP contribution in [0.5, 0.6) is 0 Å². The molecular weight excluding hydrogens is 1190 g/mol. The van der Waals surface area contributed by atoms with Crippen LogP contribution < -0.4 is 0 Å². The van der Waals surface area contributed by atoms with E-state index in [4.69, 9.17) is 0 Å². The van der Waals surface area contributed by atoms with Gasteiger partial charge in [-0.2, -0.15) is 13.2 Å². The van der Waals surface area contributed by atoms with Crippen molar-refractivity contribution in [3.8, 4) is 0 Å². The third-order valence-electron chi connectivity index (χ3n) is 17.4. The number of rotatable bonds is 16. The number of hydrogen-bond acceptors (Lipinski definition) is 6. The molecule has 0 spiro atoms. The number of alkyl halides is 3. The Labute approximate surface area is 540 Å². The lowest BCUT2D eigenvalue weighted by molar-refractivity contribution is -0.147. The van der Waals surface area contributed by atoms with Crippen molar-refractivity contribution in [2.24, 2.45) is 0 Å². The fourth-order valence-corrected chi connectivity index (χ4v) is 13.0. The topological polar surface area (TPSA) is 146 Å². The SMILES string of the molecule is Cc1cc2ccccc2n1CC(O)Cn1ccc2ccccc21.Cc1nc2ccccc2n1CC(O)Cn1ccc2ccccc21.OC(Cn1ccc2ccccc21)Cn1c(C(F)(F)F)nc2ccccc21.OC(Cn1ccc2ccccc21)Cn1ccc2ccccc21. The summed E-state index contributed by atoms with van der Waals surface area (Å²) < 4.78 is 55.7. The van der Waals surface area contributed by atoms with E-state index in [1.807, 2.05) is 145 Å². The number of hydrogen-bond donors (Lipinski definition) is 4. The van der Waals surface area contributed by atoms with Gasteiger partial charge in [0.25, 0.3) is 0 Å². The molecule has 14 nitrogen and oxygen atoms in total. The van der Waals surface area contributed by atoms with E-state index in [2.05, 4.69) is 148 Å². The van der Waals surface area contributed by atoms with Crippen LogP contribution in [0.25, 0.3) is 87.5 Å². The minimum absolute atomic E-state index is 0.192. The first kappa shape index (κ1) is 62.4. The average molecular weight is 1260 g/mol. The lowest BCUT2D eigenvalue weighted by Crippen LogP contribution is -2.25. The summed E-state index contributed by atoms with van der Waals surface area (Å²) in [6.45, 7) is 7.58. The van der Waals surface area contributed by atoms with Crippen molar-refractivity contribution >= 4 is 87.5 Å². The van der Waals surface area contributed by atoms with E-state index >= 15 is 0 Å². The Balaban J connectivity index is 0.000000114. The molecule has 3 atom stereocenters. The summed E-state index contributed by atoms with van der Waals surface area (Å²) in [5.41, 5.74) is 10.6. The Kier molecular flexibility index (Phi) is 18.2. The molecule has 8 aromatic carbocycles. The maximum atomic E-state index is 13.4. The molecule has 0 fully saturated rings. The van der Waals surface area contributed by atoms with Crippen LogP contribution in [0.1, 0.15) is 17.3 Å². The highest BCUT2D eigenvalue weighted by atomic mass is 19.4. The van der Waals surface area contributed by atoms with Crippen LogP contribution >= 0.6 is 0 Å². The fourth-order valence-electron chi connectivity index (χ4n) is 13.0. The molecule has 94 heavy (non-hydrogen) atoms. The highest BCUT2D eigenvalue weighted by Gasteiger charge is 2.38. The molecule has 0 aliphatic heterocycles. The van der Waals surface area contributed by atoms with Crippen molar-refractivity contribution in [2.45, 2.75) is 96.8 Å². The van der Waals surface area contributed by atoms with Gasteiger partial charge in [0.1, 0.15) is 5.82 Å². The van der Waals surface area contributed by atoms with E-state index in [1.54, 1.807) is 18.2 Å². The first-order chi connectivity index (χ1) is 45.7. The van der Waals surface area contributed by atoms with Crippen molar-refractivity contribution in [3.05, 3.63) is 279 Å². The van der Waals surface area contributed by atoms with Gasteiger partial charge in [0, 0.05) is 69.8 Å².